The molecule has 1 heterocycles. The number of nitrogens with one attached hydrogen (secondary N) is 3. The lowest BCUT2D eigenvalue weighted by molar-refractivity contribution is -0.167. The Bertz CT molecular complexity index is 1220. The zero-order valence-electron chi connectivity index (χ0n) is 20.4. The first-order valence-electron chi connectivity index (χ1n) is 12.0. The molecule has 3 atom stereocenters. The van der Waals surface area contributed by atoms with Gasteiger partial charge < -0.3 is 26.4 Å². The smallest absolute Gasteiger partial charge is 0.320 e. The number of carbonyl (C=O) groups is 3. The van der Waals surface area contributed by atoms with Crippen LogP contribution in [-0.4, -0.2) is 48.6 Å². The number of halogens is 3. The van der Waals surface area contributed by atoms with Gasteiger partial charge in [0.05, 0.1) is 17.6 Å². The van der Waals surface area contributed by atoms with Crippen molar-refractivity contribution in [1.82, 2.24) is 10.6 Å². The van der Waals surface area contributed by atoms with Gasteiger partial charge in [0.2, 0.25) is 11.8 Å². The molecule has 0 bridgehead atoms. The molecule has 2 unspecified atom stereocenters. The minimum Gasteiger partial charge on any atom is -0.458 e. The number of anilines is 1. The second-order valence-corrected chi connectivity index (χ2v) is 10.7. The molecular weight excluding hydrogens is 522 g/mol. The van der Waals surface area contributed by atoms with Crippen molar-refractivity contribution in [2.24, 2.45) is 5.73 Å². The van der Waals surface area contributed by atoms with Crippen molar-refractivity contribution >= 4 is 46.7 Å². The number of carbonyl (C=O) groups excluding carboxylic acids is 3. The molecule has 37 heavy (non-hydrogen) atoms. The summed E-state index contributed by atoms with van der Waals surface area (Å²) >= 11 is 12.3. The summed E-state index contributed by atoms with van der Waals surface area (Å²) in [7, 11) is 0. The highest BCUT2D eigenvalue weighted by Gasteiger charge is 2.48. The summed E-state index contributed by atoms with van der Waals surface area (Å²) in [4.78, 5) is 36.9. The molecule has 2 fully saturated rings. The molecule has 2 aliphatic rings. The van der Waals surface area contributed by atoms with Crippen LogP contribution >= 0.6 is 23.2 Å². The van der Waals surface area contributed by atoms with Gasteiger partial charge in [-0.05, 0) is 36.2 Å². The van der Waals surface area contributed by atoms with Crippen LogP contribution in [0.3, 0.4) is 0 Å². The second-order valence-electron chi connectivity index (χ2n) is 9.82. The number of hydrogen-bond donors (Lipinski definition) is 4. The summed E-state index contributed by atoms with van der Waals surface area (Å²) in [6, 6.07) is 8.83. The normalized spacial score (nSPS) is 26.8. The van der Waals surface area contributed by atoms with Crippen LogP contribution in [0.15, 0.2) is 36.4 Å². The molecule has 0 aromatic heterocycles. The van der Waals surface area contributed by atoms with Crippen LogP contribution in [0.5, 0.6) is 0 Å². The maximum absolute atomic E-state index is 15.3. The predicted molar refractivity (Wildman–Crippen MR) is 139 cm³/mol. The van der Waals surface area contributed by atoms with Crippen LogP contribution in [0.2, 0.25) is 10.0 Å². The molecule has 8 nitrogen and oxygen atoms in total. The molecule has 5 N–H and O–H groups in total. The molecule has 1 saturated carbocycles. The van der Waals surface area contributed by atoms with Gasteiger partial charge in [-0.3, -0.25) is 14.4 Å². The van der Waals surface area contributed by atoms with Crippen molar-refractivity contribution in [2.75, 3.05) is 18.4 Å². The van der Waals surface area contributed by atoms with Gasteiger partial charge in [0, 0.05) is 54.9 Å². The molecule has 4 rings (SSSR count). The molecule has 1 saturated heterocycles. The van der Waals surface area contributed by atoms with Crippen molar-refractivity contribution in [3.05, 3.63) is 63.4 Å². The topological polar surface area (TPSA) is 123 Å². The minimum absolute atomic E-state index is 0.0445. The van der Waals surface area contributed by atoms with E-state index in [1.165, 1.54) is 13.0 Å². The van der Waals surface area contributed by atoms with Crippen LogP contribution in [0, 0.1) is 5.82 Å². The van der Waals surface area contributed by atoms with Gasteiger partial charge in [-0.25, -0.2) is 4.39 Å². The summed E-state index contributed by atoms with van der Waals surface area (Å²) in [5.41, 5.74) is 6.16. The number of ether oxygens (including phenoxy) is 1. The van der Waals surface area contributed by atoms with E-state index < -0.39 is 29.3 Å². The second kappa shape index (κ2) is 10.9. The molecule has 2 aromatic rings. The Morgan fingerprint density at radius 1 is 1.19 bits per heavy atom. The zero-order chi connectivity index (χ0) is 26.9. The van der Waals surface area contributed by atoms with Crippen LogP contribution in [0.4, 0.5) is 10.1 Å². The third-order valence-corrected chi connectivity index (χ3v) is 7.46. The van der Waals surface area contributed by atoms with E-state index in [-0.39, 0.29) is 35.3 Å². The average Bonchev–Trinajstić information content (AvgIpc) is 3.24. The lowest BCUT2D eigenvalue weighted by Crippen LogP contribution is -2.58. The average molecular weight is 551 g/mol. The van der Waals surface area contributed by atoms with Gasteiger partial charge in [-0.1, -0.05) is 41.4 Å². The number of nitrogens with two attached hydrogens (primary N) is 1. The maximum Gasteiger partial charge on any atom is 0.320 e. The fourth-order valence-electron chi connectivity index (χ4n) is 5.40. The third kappa shape index (κ3) is 5.90. The molecule has 1 aliphatic carbocycles. The number of rotatable bonds is 7. The molecular formula is C26H29Cl2FN4O4. The van der Waals surface area contributed by atoms with Gasteiger partial charge in [0.25, 0.3) is 0 Å². The van der Waals surface area contributed by atoms with Crippen molar-refractivity contribution < 1.29 is 23.5 Å². The van der Waals surface area contributed by atoms with Crippen molar-refractivity contribution in [2.45, 2.75) is 56.2 Å². The van der Waals surface area contributed by atoms with Crippen molar-refractivity contribution in [3.63, 3.8) is 0 Å². The fraction of sp³-hybridized carbons (Fsp3) is 0.423. The monoisotopic (exact) mass is 550 g/mol. The molecule has 1 aliphatic heterocycles. The van der Waals surface area contributed by atoms with E-state index in [4.69, 9.17) is 33.7 Å². The van der Waals surface area contributed by atoms with Crippen molar-refractivity contribution in [3.8, 4) is 0 Å². The quantitative estimate of drug-likeness (QED) is 0.391. The largest absolute Gasteiger partial charge is 0.458 e. The molecule has 0 spiro atoms. The minimum atomic E-state index is -0.780. The molecule has 198 valence electrons. The molecule has 2 amide bonds. The Morgan fingerprint density at radius 2 is 1.92 bits per heavy atom. The van der Waals surface area contributed by atoms with Gasteiger partial charge >= 0.3 is 5.97 Å². The van der Waals surface area contributed by atoms with E-state index >= 15 is 4.39 Å². The van der Waals surface area contributed by atoms with E-state index in [9.17, 15) is 14.4 Å². The van der Waals surface area contributed by atoms with E-state index in [1.807, 2.05) is 0 Å². The Morgan fingerprint density at radius 3 is 2.59 bits per heavy atom. The third-order valence-electron chi connectivity index (χ3n) is 6.93. The molecule has 2 aromatic carbocycles. The first-order chi connectivity index (χ1) is 17.5. The number of hydrogen-bond acceptors (Lipinski definition) is 6. The first kappa shape index (κ1) is 27.3. The Balaban J connectivity index is 1.62. The van der Waals surface area contributed by atoms with E-state index in [1.54, 1.807) is 37.3 Å². The number of esters is 1. The van der Waals surface area contributed by atoms with Crippen LogP contribution < -0.4 is 21.7 Å². The predicted octanol–water partition coefficient (Wildman–Crippen LogP) is 3.47. The summed E-state index contributed by atoms with van der Waals surface area (Å²) in [6.07, 6.45) is 0.890. The van der Waals surface area contributed by atoms with Crippen LogP contribution in [-0.2, 0) is 19.1 Å². The lowest BCUT2D eigenvalue weighted by atomic mass is 9.76. The lowest BCUT2D eigenvalue weighted by Gasteiger charge is -2.44. The van der Waals surface area contributed by atoms with Gasteiger partial charge in [-0.15, -0.1) is 0 Å². The summed E-state index contributed by atoms with van der Waals surface area (Å²) in [6.45, 7) is 3.32. The molecule has 0 radical (unpaired) electrons. The van der Waals surface area contributed by atoms with Gasteiger partial charge in [0.1, 0.15) is 11.4 Å². The molecule has 11 heteroatoms. The summed E-state index contributed by atoms with van der Waals surface area (Å²) in [5.74, 6) is -2.69. The van der Waals surface area contributed by atoms with Gasteiger partial charge in [0.15, 0.2) is 0 Å². The van der Waals surface area contributed by atoms with Crippen LogP contribution in [0.25, 0.3) is 0 Å². The first-order valence-corrected chi connectivity index (χ1v) is 12.7. The zero-order valence-corrected chi connectivity index (χ0v) is 22.0. The number of benzene rings is 2. The maximum atomic E-state index is 15.3. The highest BCUT2D eigenvalue weighted by molar-refractivity contribution is 6.31. The SMILES string of the molecule is CC(=O)Nc1cc(Cl)ccc1C1CN[C@@H](C(=O)NC2CC(C)(OC(=O)CN)C2)C1c1cccc(Cl)c1F. The Hall–Kier alpha value is -2.72. The van der Waals surface area contributed by atoms with E-state index in [0.717, 1.165) is 5.56 Å². The van der Waals surface area contributed by atoms with Gasteiger partial charge in [-0.2, -0.15) is 0 Å². The summed E-state index contributed by atoms with van der Waals surface area (Å²) < 4.78 is 20.7. The Kier molecular flexibility index (Phi) is 8.08. The number of amides is 2. The van der Waals surface area contributed by atoms with E-state index in [2.05, 4.69) is 16.0 Å². The highest BCUT2D eigenvalue weighted by Crippen LogP contribution is 2.45. The highest BCUT2D eigenvalue weighted by atomic mass is 35.5. The Labute approximate surface area is 224 Å². The fourth-order valence-corrected chi connectivity index (χ4v) is 5.75. The van der Waals surface area contributed by atoms with Crippen LogP contribution in [0.1, 0.15) is 49.7 Å². The van der Waals surface area contributed by atoms with E-state index in [0.29, 0.717) is 35.7 Å². The van der Waals surface area contributed by atoms with Crippen molar-refractivity contribution in [1.29, 1.82) is 0 Å². The standard InChI is InChI=1S/C26H29Cl2FN4O4/c1-13(34)32-20-8-14(27)6-7-16(20)18-12-31-24(22(18)17-4-3-5-19(28)23(17)29)25(36)33-15-9-26(2,10-15)37-21(35)11-30/h3-8,15,18,22,24,31H,9-12,30H2,1-2H3,(H,32,34)(H,33,36)/t15?,18?,22?,24-,26?/m1/s1. The summed E-state index contributed by atoms with van der Waals surface area (Å²) in [5, 5.41) is 9.42.